The van der Waals surface area contributed by atoms with E-state index in [-0.39, 0.29) is 29.8 Å². The van der Waals surface area contributed by atoms with Crippen molar-refractivity contribution in [3.63, 3.8) is 0 Å². The van der Waals surface area contributed by atoms with Crippen molar-refractivity contribution in [1.82, 2.24) is 30.2 Å². The first-order chi connectivity index (χ1) is 29.8. The Kier molecular flexibility index (Phi) is 21.8. The molecular formula is C48H72N6O5S2. The Morgan fingerprint density at radius 3 is 2.02 bits per heavy atom. The van der Waals surface area contributed by atoms with Crippen molar-refractivity contribution in [3.05, 3.63) is 58.7 Å². The van der Waals surface area contributed by atoms with Gasteiger partial charge in [-0.3, -0.25) is 34.3 Å². The number of amides is 3. The molecular weight excluding hydrogens is 805 g/mol. The topological polar surface area (TPSA) is 122 Å². The van der Waals surface area contributed by atoms with Gasteiger partial charge < -0.3 is 19.9 Å². The van der Waals surface area contributed by atoms with E-state index < -0.39 is 0 Å². The lowest BCUT2D eigenvalue weighted by Gasteiger charge is -2.34. The molecule has 0 radical (unpaired) electrons. The number of carbonyl (C=O) groups excluding carboxylic acids is 5. The second-order valence-corrected chi connectivity index (χ2v) is 19.4. The van der Waals surface area contributed by atoms with Gasteiger partial charge in [0.25, 0.3) is 0 Å². The molecule has 13 heteroatoms. The second-order valence-electron chi connectivity index (χ2n) is 17.2. The average molecular weight is 877 g/mol. The van der Waals surface area contributed by atoms with Gasteiger partial charge in [-0.05, 0) is 99.0 Å². The van der Waals surface area contributed by atoms with Gasteiger partial charge in [-0.25, -0.2) is 0 Å². The van der Waals surface area contributed by atoms with Crippen molar-refractivity contribution in [2.75, 3.05) is 64.9 Å². The number of imide groups is 1. The van der Waals surface area contributed by atoms with E-state index in [0.717, 1.165) is 54.0 Å². The number of nitrogens with one attached hydrogen (secondary N) is 2. The Bertz CT molecular complexity index is 1700. The lowest BCUT2D eigenvalue weighted by Crippen LogP contribution is -2.50. The zero-order valence-corrected chi connectivity index (χ0v) is 38.6. The molecule has 2 unspecified atom stereocenters. The Balaban J connectivity index is 0.831. The van der Waals surface area contributed by atoms with E-state index in [9.17, 15) is 24.0 Å². The molecule has 2 fully saturated rings. The summed E-state index contributed by atoms with van der Waals surface area (Å²) in [5.41, 5.74) is 4.32. The number of carbonyl (C=O) groups is 5. The maximum Gasteiger partial charge on any atom is 0.243 e. The summed E-state index contributed by atoms with van der Waals surface area (Å²) in [5, 5.41) is 5.13. The summed E-state index contributed by atoms with van der Waals surface area (Å²) in [5.74, 6) is 1.77. The van der Waals surface area contributed by atoms with Crippen LogP contribution in [0.15, 0.2) is 46.2 Å². The van der Waals surface area contributed by atoms with E-state index >= 15 is 0 Å². The number of piperazine rings is 1. The summed E-state index contributed by atoms with van der Waals surface area (Å²) in [7, 11) is 3.48. The molecule has 5 rings (SSSR count). The second kappa shape index (κ2) is 27.2. The van der Waals surface area contributed by atoms with Crippen LogP contribution in [0.1, 0.15) is 130 Å². The highest BCUT2D eigenvalue weighted by molar-refractivity contribution is 7.99. The molecule has 0 aliphatic carbocycles. The summed E-state index contributed by atoms with van der Waals surface area (Å²) in [6.07, 6.45) is 18.9. The number of hydrogen-bond acceptors (Lipinski definition) is 11. The Morgan fingerprint density at radius 1 is 0.820 bits per heavy atom. The minimum absolute atomic E-state index is 0.0800. The van der Waals surface area contributed by atoms with Crippen molar-refractivity contribution >= 4 is 53.8 Å². The van der Waals surface area contributed by atoms with Crippen LogP contribution < -0.4 is 10.6 Å². The standard InChI is InChI=1S/C48H72N6O5S2/c1-49-46(57)23-21-40(37-56)51(2)34-41-39(36-55)18-16-20-44(41)60-31-13-9-5-3-7-11-25-52-27-29-53(30-28-52)26-12-8-4-6-10-14-32-61-45-19-15-17-38-33-54(35-42(38)45)43-22-24-47(58)50-48(43)59/h15-20,36-37,40,43H,3-14,21-35H2,1-2H3,(H,49,57)(H,50,58,59). The average Bonchev–Trinajstić information content (AvgIpc) is 3.71. The van der Waals surface area contributed by atoms with Crippen LogP contribution in [0.3, 0.4) is 0 Å². The van der Waals surface area contributed by atoms with Gasteiger partial charge in [0, 0.05) is 81.1 Å². The number of hydrogen-bond donors (Lipinski definition) is 2. The normalized spacial score (nSPS) is 18.0. The Labute approximate surface area is 374 Å². The van der Waals surface area contributed by atoms with E-state index in [1.807, 2.05) is 35.8 Å². The fourth-order valence-corrected chi connectivity index (χ4v) is 11.1. The molecule has 2 N–H and O–H groups in total. The van der Waals surface area contributed by atoms with Gasteiger partial charge >= 0.3 is 0 Å². The van der Waals surface area contributed by atoms with Gasteiger partial charge in [-0.1, -0.05) is 75.6 Å². The monoisotopic (exact) mass is 877 g/mol. The summed E-state index contributed by atoms with van der Waals surface area (Å²) >= 11 is 3.76. The number of piperidine rings is 1. The van der Waals surface area contributed by atoms with Gasteiger partial charge in [-0.15, -0.1) is 23.5 Å². The first-order valence-corrected chi connectivity index (χ1v) is 25.1. The maximum atomic E-state index is 12.4. The third-order valence-electron chi connectivity index (χ3n) is 12.7. The summed E-state index contributed by atoms with van der Waals surface area (Å²) < 4.78 is 0. The molecule has 3 heterocycles. The molecule has 3 aliphatic heterocycles. The van der Waals surface area contributed by atoms with Crippen LogP contribution in [0.25, 0.3) is 0 Å². The lowest BCUT2D eigenvalue weighted by molar-refractivity contribution is -0.137. The third kappa shape index (κ3) is 16.2. The quantitative estimate of drug-likeness (QED) is 0.0370. The summed E-state index contributed by atoms with van der Waals surface area (Å²) in [4.78, 5) is 71.4. The number of likely N-dealkylation sites (N-methyl/N-ethyl adjacent to an activating group) is 1. The molecule has 2 aromatic rings. The van der Waals surface area contributed by atoms with Gasteiger partial charge in [-0.2, -0.15) is 0 Å². The smallest absolute Gasteiger partial charge is 0.243 e. The first kappa shape index (κ1) is 49.0. The van der Waals surface area contributed by atoms with Crippen LogP contribution in [0.2, 0.25) is 0 Å². The molecule has 3 amide bonds. The van der Waals surface area contributed by atoms with Gasteiger partial charge in [0.15, 0.2) is 0 Å². The number of rotatable bonds is 29. The number of fused-ring (bicyclic) bond motifs is 1. The molecule has 0 saturated carbocycles. The van der Waals surface area contributed by atoms with Crippen molar-refractivity contribution in [3.8, 4) is 0 Å². The number of aldehydes is 2. The van der Waals surface area contributed by atoms with Crippen LogP contribution in [0, 0.1) is 0 Å². The highest BCUT2D eigenvalue weighted by atomic mass is 32.2. The fourth-order valence-electron chi connectivity index (χ4n) is 8.85. The first-order valence-electron chi connectivity index (χ1n) is 23.1. The minimum atomic E-state index is -0.382. The van der Waals surface area contributed by atoms with Crippen LogP contribution >= 0.6 is 23.5 Å². The largest absolute Gasteiger partial charge is 0.359 e. The van der Waals surface area contributed by atoms with E-state index in [1.165, 1.54) is 126 Å². The molecule has 336 valence electrons. The Morgan fingerprint density at radius 2 is 1.41 bits per heavy atom. The van der Waals surface area contributed by atoms with E-state index in [2.05, 4.69) is 49.6 Å². The van der Waals surface area contributed by atoms with Gasteiger partial charge in [0.2, 0.25) is 17.7 Å². The predicted octanol–water partition coefficient (Wildman–Crippen LogP) is 7.33. The summed E-state index contributed by atoms with van der Waals surface area (Å²) in [6, 6.07) is 11.8. The van der Waals surface area contributed by atoms with E-state index in [1.54, 1.807) is 18.8 Å². The number of benzene rings is 2. The van der Waals surface area contributed by atoms with Gasteiger partial charge in [0.05, 0.1) is 12.1 Å². The summed E-state index contributed by atoms with van der Waals surface area (Å²) in [6.45, 7) is 9.33. The molecule has 61 heavy (non-hydrogen) atoms. The van der Waals surface area contributed by atoms with E-state index in [4.69, 9.17) is 0 Å². The molecule has 3 aliphatic rings. The van der Waals surface area contributed by atoms with Gasteiger partial charge in [0.1, 0.15) is 12.6 Å². The molecule has 0 spiro atoms. The molecule has 2 atom stereocenters. The van der Waals surface area contributed by atoms with Crippen molar-refractivity contribution < 1.29 is 24.0 Å². The third-order valence-corrected chi connectivity index (χ3v) is 15.1. The molecule has 2 aromatic carbocycles. The molecule has 11 nitrogen and oxygen atoms in total. The van der Waals surface area contributed by atoms with Crippen LogP contribution in [0.5, 0.6) is 0 Å². The van der Waals surface area contributed by atoms with Crippen molar-refractivity contribution in [1.29, 1.82) is 0 Å². The van der Waals surface area contributed by atoms with Crippen molar-refractivity contribution in [2.45, 2.75) is 144 Å². The predicted molar refractivity (Wildman–Crippen MR) is 248 cm³/mol. The SMILES string of the molecule is CNC(=O)CCC(C=O)N(C)Cc1c(C=O)cccc1SCCCCCCCCN1CCN(CCCCCCCCSc2cccc3c2CN(C2CCC(=O)NC2=O)C3)CC1. The number of unbranched alkanes of at least 4 members (excludes halogenated alkanes) is 10. The van der Waals surface area contributed by atoms with Crippen LogP contribution in [0.4, 0.5) is 0 Å². The lowest BCUT2D eigenvalue weighted by atomic mass is 10.0. The van der Waals surface area contributed by atoms with E-state index in [0.29, 0.717) is 37.8 Å². The molecule has 0 aromatic heterocycles. The van der Waals surface area contributed by atoms with Crippen LogP contribution in [-0.4, -0.2) is 127 Å². The zero-order chi connectivity index (χ0) is 43.2. The fraction of sp³-hybridized carbons (Fsp3) is 0.646. The number of nitrogens with zero attached hydrogens (tertiary/aromatic N) is 4. The maximum absolute atomic E-state index is 12.4. The minimum Gasteiger partial charge on any atom is -0.359 e. The highest BCUT2D eigenvalue weighted by Gasteiger charge is 2.35. The molecule has 0 bridgehead atoms. The zero-order valence-electron chi connectivity index (χ0n) is 37.0. The molecule has 2 saturated heterocycles. The highest BCUT2D eigenvalue weighted by Crippen LogP contribution is 2.35. The van der Waals surface area contributed by atoms with Crippen LogP contribution in [-0.2, 0) is 38.8 Å². The number of thioether (sulfide) groups is 2. The van der Waals surface area contributed by atoms with Crippen molar-refractivity contribution in [2.24, 2.45) is 0 Å². The Hall–Kier alpha value is -3.07.